The Morgan fingerprint density at radius 2 is 2.00 bits per heavy atom. The summed E-state index contributed by atoms with van der Waals surface area (Å²) in [4.78, 5) is 16.1. The van der Waals surface area contributed by atoms with E-state index in [9.17, 15) is 13.6 Å². The molecule has 1 aromatic carbocycles. The molecular weight excluding hydrogens is 394 g/mol. The molecule has 0 unspecified atom stereocenters. The first-order chi connectivity index (χ1) is 13.0. The highest BCUT2D eigenvalue weighted by atomic mass is 32.2. The van der Waals surface area contributed by atoms with Crippen LogP contribution < -0.4 is 9.64 Å². The number of rotatable bonds is 8. The van der Waals surface area contributed by atoms with Crippen molar-refractivity contribution < 1.29 is 18.3 Å². The molecule has 1 fully saturated rings. The van der Waals surface area contributed by atoms with E-state index in [1.165, 1.54) is 48.1 Å². The number of carbonyl (C=O) groups is 1. The molecule has 1 amide bonds. The van der Waals surface area contributed by atoms with E-state index in [0.717, 1.165) is 28.1 Å². The van der Waals surface area contributed by atoms with Crippen LogP contribution in [-0.2, 0) is 11.3 Å². The van der Waals surface area contributed by atoms with Crippen LogP contribution in [0.15, 0.2) is 28.6 Å². The zero-order chi connectivity index (χ0) is 19.2. The van der Waals surface area contributed by atoms with Gasteiger partial charge in [0.05, 0.1) is 5.75 Å². The van der Waals surface area contributed by atoms with Crippen LogP contribution in [0, 0.1) is 0 Å². The highest BCUT2D eigenvalue weighted by Gasteiger charge is 2.18. The number of amides is 1. The van der Waals surface area contributed by atoms with E-state index >= 15 is 0 Å². The lowest BCUT2D eigenvalue weighted by Gasteiger charge is -2.17. The second-order valence-corrected chi connectivity index (χ2v) is 8.28. The lowest BCUT2D eigenvalue weighted by atomic mass is 10.2. The fourth-order valence-electron chi connectivity index (χ4n) is 2.67. The van der Waals surface area contributed by atoms with Crippen LogP contribution in [0.1, 0.15) is 18.4 Å². The number of halogens is 2. The summed E-state index contributed by atoms with van der Waals surface area (Å²) in [7, 11) is 1.71. The normalized spacial score (nSPS) is 14.0. The Labute approximate surface area is 164 Å². The Bertz CT molecular complexity index is 752. The van der Waals surface area contributed by atoms with Gasteiger partial charge in [0.1, 0.15) is 5.75 Å². The second-order valence-electron chi connectivity index (χ2n) is 6.11. The van der Waals surface area contributed by atoms with Gasteiger partial charge in [0.15, 0.2) is 4.34 Å². The number of hydrogen-bond donors (Lipinski definition) is 0. The van der Waals surface area contributed by atoms with Gasteiger partial charge in [-0.15, -0.1) is 10.2 Å². The number of aromatic nitrogens is 2. The minimum atomic E-state index is -2.84. The fraction of sp³-hybridized carbons (Fsp3) is 0.471. The number of carbonyl (C=O) groups excluding carboxylic acids is 1. The molecule has 10 heteroatoms. The molecule has 0 N–H and O–H groups in total. The third kappa shape index (κ3) is 5.77. The van der Waals surface area contributed by atoms with Crippen molar-refractivity contribution in [3.8, 4) is 5.75 Å². The van der Waals surface area contributed by atoms with Crippen LogP contribution in [0.3, 0.4) is 0 Å². The van der Waals surface area contributed by atoms with Crippen molar-refractivity contribution >= 4 is 34.1 Å². The molecule has 146 valence electrons. The van der Waals surface area contributed by atoms with Gasteiger partial charge in [-0.25, -0.2) is 0 Å². The van der Waals surface area contributed by atoms with E-state index in [1.54, 1.807) is 24.1 Å². The Balaban J connectivity index is 1.46. The smallest absolute Gasteiger partial charge is 0.387 e. The number of ether oxygens (including phenoxy) is 1. The molecule has 0 aliphatic carbocycles. The summed E-state index contributed by atoms with van der Waals surface area (Å²) in [6.07, 6.45) is 2.36. The summed E-state index contributed by atoms with van der Waals surface area (Å²) in [5, 5.41) is 9.27. The minimum absolute atomic E-state index is 0.0363. The van der Waals surface area contributed by atoms with Gasteiger partial charge in [-0.3, -0.25) is 4.79 Å². The van der Waals surface area contributed by atoms with E-state index in [1.807, 2.05) is 0 Å². The van der Waals surface area contributed by atoms with E-state index in [4.69, 9.17) is 0 Å². The molecule has 0 radical (unpaired) electrons. The third-order valence-electron chi connectivity index (χ3n) is 4.09. The van der Waals surface area contributed by atoms with E-state index in [-0.39, 0.29) is 17.4 Å². The molecule has 1 saturated heterocycles. The highest BCUT2D eigenvalue weighted by Crippen LogP contribution is 2.30. The second kappa shape index (κ2) is 9.32. The average Bonchev–Trinajstić information content (AvgIpc) is 3.32. The lowest BCUT2D eigenvalue weighted by molar-refractivity contribution is -0.127. The van der Waals surface area contributed by atoms with Crippen LogP contribution in [0.5, 0.6) is 5.75 Å². The first-order valence-corrected chi connectivity index (χ1v) is 10.3. The molecule has 0 saturated carbocycles. The maximum atomic E-state index is 12.3. The van der Waals surface area contributed by atoms with Crippen LogP contribution in [0.4, 0.5) is 13.9 Å². The standard InChI is InChI=1S/C17H20F2N4O2S2/c1-22(10-12-4-6-13(7-5-12)25-15(18)19)14(24)11-26-17-21-20-16(27-17)23-8-2-3-9-23/h4-7,15H,2-3,8-11H2,1H3. The molecule has 1 aliphatic rings. The van der Waals surface area contributed by atoms with Gasteiger partial charge in [-0.05, 0) is 30.5 Å². The van der Waals surface area contributed by atoms with Crippen LogP contribution in [-0.4, -0.2) is 53.5 Å². The Morgan fingerprint density at radius 3 is 2.67 bits per heavy atom. The highest BCUT2D eigenvalue weighted by molar-refractivity contribution is 8.01. The van der Waals surface area contributed by atoms with Gasteiger partial charge >= 0.3 is 6.61 Å². The molecule has 27 heavy (non-hydrogen) atoms. The molecule has 0 bridgehead atoms. The predicted molar refractivity (Wildman–Crippen MR) is 102 cm³/mol. The van der Waals surface area contributed by atoms with Gasteiger partial charge in [-0.2, -0.15) is 8.78 Å². The van der Waals surface area contributed by atoms with Gasteiger partial charge in [0.25, 0.3) is 0 Å². The summed E-state index contributed by atoms with van der Waals surface area (Å²) in [6, 6.07) is 6.27. The molecule has 2 heterocycles. The van der Waals surface area contributed by atoms with Crippen molar-refractivity contribution in [2.24, 2.45) is 0 Å². The van der Waals surface area contributed by atoms with Crippen LogP contribution in [0.25, 0.3) is 0 Å². The summed E-state index contributed by atoms with van der Waals surface area (Å²) in [6.45, 7) is -0.420. The van der Waals surface area contributed by atoms with Crippen molar-refractivity contribution in [1.29, 1.82) is 0 Å². The van der Waals surface area contributed by atoms with Crippen molar-refractivity contribution in [3.05, 3.63) is 29.8 Å². The maximum Gasteiger partial charge on any atom is 0.387 e. The fourth-order valence-corrected chi connectivity index (χ4v) is 4.50. The molecule has 2 aromatic rings. The van der Waals surface area contributed by atoms with E-state index < -0.39 is 6.61 Å². The number of hydrogen-bond acceptors (Lipinski definition) is 7. The first-order valence-electron chi connectivity index (χ1n) is 8.50. The number of thioether (sulfide) groups is 1. The summed E-state index contributed by atoms with van der Waals surface area (Å²) >= 11 is 2.89. The summed E-state index contributed by atoms with van der Waals surface area (Å²) in [5.41, 5.74) is 0.838. The first kappa shape index (κ1) is 19.8. The van der Waals surface area contributed by atoms with Gasteiger partial charge in [0.2, 0.25) is 11.0 Å². The monoisotopic (exact) mass is 414 g/mol. The van der Waals surface area contributed by atoms with Crippen LogP contribution in [0.2, 0.25) is 0 Å². The zero-order valence-electron chi connectivity index (χ0n) is 14.8. The number of alkyl halides is 2. The molecular formula is C17H20F2N4O2S2. The van der Waals surface area contributed by atoms with E-state index in [0.29, 0.717) is 6.54 Å². The van der Waals surface area contributed by atoms with Crippen LogP contribution >= 0.6 is 23.1 Å². The maximum absolute atomic E-state index is 12.3. The van der Waals surface area contributed by atoms with Gasteiger partial charge in [-0.1, -0.05) is 35.2 Å². The van der Waals surface area contributed by atoms with Gasteiger partial charge < -0.3 is 14.5 Å². The van der Waals surface area contributed by atoms with Crippen molar-refractivity contribution in [3.63, 3.8) is 0 Å². The Kier molecular flexibility index (Phi) is 6.84. The molecule has 0 atom stereocenters. The summed E-state index contributed by atoms with van der Waals surface area (Å²) < 4.78 is 29.4. The van der Waals surface area contributed by atoms with E-state index in [2.05, 4.69) is 19.8 Å². The summed E-state index contributed by atoms with van der Waals surface area (Å²) in [5.74, 6) is 0.340. The van der Waals surface area contributed by atoms with Crippen molar-refractivity contribution in [2.45, 2.75) is 30.3 Å². The SMILES string of the molecule is CN(Cc1ccc(OC(F)F)cc1)C(=O)CSc1nnc(N2CCCC2)s1. The molecule has 1 aromatic heterocycles. The van der Waals surface area contributed by atoms with Gasteiger partial charge in [0, 0.05) is 26.7 Å². The number of benzene rings is 1. The molecule has 0 spiro atoms. The minimum Gasteiger partial charge on any atom is -0.435 e. The molecule has 6 nitrogen and oxygen atoms in total. The lowest BCUT2D eigenvalue weighted by Crippen LogP contribution is -2.27. The Morgan fingerprint density at radius 1 is 1.30 bits per heavy atom. The zero-order valence-corrected chi connectivity index (χ0v) is 16.4. The average molecular weight is 415 g/mol. The van der Waals surface area contributed by atoms with Crippen molar-refractivity contribution in [2.75, 3.05) is 30.8 Å². The topological polar surface area (TPSA) is 58.6 Å². The number of nitrogens with zero attached hydrogens (tertiary/aromatic N) is 4. The predicted octanol–water partition coefficient (Wildman–Crippen LogP) is 3.49. The largest absolute Gasteiger partial charge is 0.435 e. The Hall–Kier alpha value is -1.94. The van der Waals surface area contributed by atoms with Crippen molar-refractivity contribution in [1.82, 2.24) is 15.1 Å². The third-order valence-corrected chi connectivity index (χ3v) is 6.19. The quantitative estimate of drug-likeness (QED) is 0.617. The molecule has 1 aliphatic heterocycles. The number of anilines is 1. The molecule has 3 rings (SSSR count).